The first-order chi connectivity index (χ1) is 12.3. The first kappa shape index (κ1) is 18.5. The van der Waals surface area contributed by atoms with Crippen molar-refractivity contribution >= 4 is 55.6 Å². The molecule has 0 fully saturated rings. The second-order valence-corrected chi connectivity index (χ2v) is 8.09. The summed E-state index contributed by atoms with van der Waals surface area (Å²) in [5, 5.41) is 4.49. The molecule has 0 aliphatic carbocycles. The number of fused-ring (bicyclic) bond motifs is 1. The Morgan fingerprint density at radius 1 is 0.962 bits per heavy atom. The maximum Gasteiger partial charge on any atom is 0.261 e. The summed E-state index contributed by atoms with van der Waals surface area (Å²) >= 11 is 11.8. The molecule has 0 atom stereocenters. The molecule has 3 aromatic carbocycles. The molecule has 26 heavy (non-hydrogen) atoms. The van der Waals surface area contributed by atoms with Gasteiger partial charge in [0.05, 0.1) is 4.90 Å². The standard InChI is InChI=1S/C18H14Cl2N2O3S/c1-21-18(23)17-4-2-3-11-7-14(5-6-16(11)17)22-26(24,25)15-9-12(19)8-13(20)10-15/h2-10,22H,1H3,(H,21,23). The van der Waals surface area contributed by atoms with Crippen molar-refractivity contribution in [2.24, 2.45) is 0 Å². The molecule has 3 rings (SSSR count). The number of benzene rings is 3. The molecule has 0 saturated carbocycles. The highest BCUT2D eigenvalue weighted by Gasteiger charge is 2.16. The number of amides is 1. The van der Waals surface area contributed by atoms with E-state index < -0.39 is 10.0 Å². The van der Waals surface area contributed by atoms with Crippen LogP contribution in [0.3, 0.4) is 0 Å². The molecule has 2 N–H and O–H groups in total. The van der Waals surface area contributed by atoms with Crippen LogP contribution in [0.25, 0.3) is 10.8 Å². The zero-order chi connectivity index (χ0) is 18.9. The summed E-state index contributed by atoms with van der Waals surface area (Å²) in [7, 11) is -2.30. The fourth-order valence-electron chi connectivity index (χ4n) is 2.58. The molecule has 0 aromatic heterocycles. The van der Waals surface area contributed by atoms with Crippen molar-refractivity contribution in [1.82, 2.24) is 5.32 Å². The lowest BCUT2D eigenvalue weighted by atomic mass is 10.0. The number of carbonyl (C=O) groups excluding carboxylic acids is 1. The summed E-state index contributed by atoms with van der Waals surface area (Å²) in [4.78, 5) is 11.9. The van der Waals surface area contributed by atoms with Gasteiger partial charge in [-0.3, -0.25) is 9.52 Å². The average molecular weight is 409 g/mol. The summed E-state index contributed by atoms with van der Waals surface area (Å²) in [6.45, 7) is 0. The molecule has 0 heterocycles. The Morgan fingerprint density at radius 2 is 1.65 bits per heavy atom. The lowest BCUT2D eigenvalue weighted by molar-refractivity contribution is 0.0964. The Labute approximate surface area is 161 Å². The van der Waals surface area contributed by atoms with Gasteiger partial charge in [0.15, 0.2) is 0 Å². The van der Waals surface area contributed by atoms with Gasteiger partial charge in [-0.05, 0) is 47.2 Å². The summed E-state index contributed by atoms with van der Waals surface area (Å²) in [5.41, 5.74) is 0.878. The quantitative estimate of drug-likeness (QED) is 0.675. The van der Waals surface area contributed by atoms with Crippen LogP contribution in [0.5, 0.6) is 0 Å². The van der Waals surface area contributed by atoms with E-state index in [9.17, 15) is 13.2 Å². The maximum atomic E-state index is 12.6. The zero-order valence-electron chi connectivity index (χ0n) is 13.6. The average Bonchev–Trinajstić information content (AvgIpc) is 2.59. The molecule has 0 aliphatic rings. The molecular formula is C18H14Cl2N2O3S. The predicted molar refractivity (Wildman–Crippen MR) is 105 cm³/mol. The number of sulfonamides is 1. The van der Waals surface area contributed by atoms with Crippen LogP contribution >= 0.6 is 23.2 Å². The Kier molecular flexibility index (Phi) is 5.09. The molecule has 0 bridgehead atoms. The third-order valence-electron chi connectivity index (χ3n) is 3.75. The summed E-state index contributed by atoms with van der Waals surface area (Å²) in [5.74, 6) is -0.211. The minimum Gasteiger partial charge on any atom is -0.355 e. The Bertz CT molecular complexity index is 1090. The Balaban J connectivity index is 2.00. The third-order valence-corrected chi connectivity index (χ3v) is 5.55. The topological polar surface area (TPSA) is 75.3 Å². The monoisotopic (exact) mass is 408 g/mol. The van der Waals surface area contributed by atoms with Crippen molar-refractivity contribution in [1.29, 1.82) is 0 Å². The molecule has 5 nitrogen and oxygen atoms in total. The van der Waals surface area contributed by atoms with Crippen molar-refractivity contribution in [2.75, 3.05) is 11.8 Å². The van der Waals surface area contributed by atoms with Gasteiger partial charge in [-0.25, -0.2) is 8.42 Å². The summed E-state index contributed by atoms with van der Waals surface area (Å²) in [6.07, 6.45) is 0. The zero-order valence-corrected chi connectivity index (χ0v) is 15.9. The van der Waals surface area contributed by atoms with Crippen LogP contribution in [0.15, 0.2) is 59.5 Å². The minimum atomic E-state index is -3.86. The van der Waals surface area contributed by atoms with Crippen LogP contribution in [0.2, 0.25) is 10.0 Å². The van der Waals surface area contributed by atoms with Gasteiger partial charge in [0.1, 0.15) is 0 Å². The van der Waals surface area contributed by atoms with E-state index in [1.165, 1.54) is 18.2 Å². The Morgan fingerprint density at radius 3 is 2.31 bits per heavy atom. The third kappa shape index (κ3) is 3.77. The molecular weight excluding hydrogens is 395 g/mol. The lowest BCUT2D eigenvalue weighted by Gasteiger charge is -2.11. The van der Waals surface area contributed by atoms with E-state index >= 15 is 0 Å². The normalized spacial score (nSPS) is 11.3. The van der Waals surface area contributed by atoms with Gasteiger partial charge in [0, 0.05) is 28.3 Å². The van der Waals surface area contributed by atoms with Crippen molar-refractivity contribution < 1.29 is 13.2 Å². The van der Waals surface area contributed by atoms with Gasteiger partial charge in [-0.2, -0.15) is 0 Å². The molecule has 1 amide bonds. The second kappa shape index (κ2) is 7.15. The first-order valence-corrected chi connectivity index (χ1v) is 9.78. The number of anilines is 1. The number of nitrogens with one attached hydrogen (secondary N) is 2. The van der Waals surface area contributed by atoms with Gasteiger partial charge in [0.2, 0.25) is 0 Å². The van der Waals surface area contributed by atoms with Crippen LogP contribution in [0, 0.1) is 0 Å². The van der Waals surface area contributed by atoms with Gasteiger partial charge >= 0.3 is 0 Å². The first-order valence-electron chi connectivity index (χ1n) is 7.54. The summed E-state index contributed by atoms with van der Waals surface area (Å²) < 4.78 is 27.6. The maximum absolute atomic E-state index is 12.6. The van der Waals surface area contributed by atoms with Gasteiger partial charge in [-0.15, -0.1) is 0 Å². The van der Waals surface area contributed by atoms with E-state index in [-0.39, 0.29) is 20.8 Å². The van der Waals surface area contributed by atoms with Crippen LogP contribution in [-0.2, 0) is 10.0 Å². The second-order valence-electron chi connectivity index (χ2n) is 5.53. The highest BCUT2D eigenvalue weighted by molar-refractivity contribution is 7.92. The largest absolute Gasteiger partial charge is 0.355 e. The smallest absolute Gasteiger partial charge is 0.261 e. The minimum absolute atomic E-state index is 0.0331. The molecule has 0 radical (unpaired) electrons. The molecule has 0 aliphatic heterocycles. The van der Waals surface area contributed by atoms with Crippen LogP contribution in [0.1, 0.15) is 10.4 Å². The molecule has 134 valence electrons. The van der Waals surface area contributed by atoms with Crippen LogP contribution in [0.4, 0.5) is 5.69 Å². The number of hydrogen-bond acceptors (Lipinski definition) is 3. The number of carbonyl (C=O) groups is 1. The SMILES string of the molecule is CNC(=O)c1cccc2cc(NS(=O)(=O)c3cc(Cl)cc(Cl)c3)ccc12. The molecule has 3 aromatic rings. The van der Waals surface area contributed by atoms with Crippen molar-refractivity contribution in [3.63, 3.8) is 0 Å². The number of halogens is 2. The van der Waals surface area contributed by atoms with Crippen LogP contribution in [-0.4, -0.2) is 21.4 Å². The fraction of sp³-hybridized carbons (Fsp3) is 0.0556. The van der Waals surface area contributed by atoms with Gasteiger partial charge in [0.25, 0.3) is 15.9 Å². The molecule has 0 saturated heterocycles. The number of rotatable bonds is 4. The van der Waals surface area contributed by atoms with Crippen molar-refractivity contribution in [2.45, 2.75) is 4.90 Å². The van der Waals surface area contributed by atoms with E-state index in [1.807, 2.05) is 0 Å². The van der Waals surface area contributed by atoms with Gasteiger partial charge in [-0.1, -0.05) is 41.4 Å². The van der Waals surface area contributed by atoms with Crippen molar-refractivity contribution in [3.05, 3.63) is 70.2 Å². The molecule has 0 unspecified atom stereocenters. The van der Waals surface area contributed by atoms with Gasteiger partial charge < -0.3 is 5.32 Å². The van der Waals surface area contributed by atoms with Crippen molar-refractivity contribution in [3.8, 4) is 0 Å². The molecule has 0 spiro atoms. The highest BCUT2D eigenvalue weighted by Crippen LogP contribution is 2.27. The van der Waals surface area contributed by atoms with E-state index in [1.54, 1.807) is 43.4 Å². The molecule has 8 heteroatoms. The van der Waals surface area contributed by atoms with E-state index in [0.717, 1.165) is 10.8 Å². The predicted octanol–water partition coefficient (Wildman–Crippen LogP) is 4.31. The van der Waals surface area contributed by atoms with E-state index in [0.29, 0.717) is 11.3 Å². The number of hydrogen-bond donors (Lipinski definition) is 2. The van der Waals surface area contributed by atoms with Crippen LogP contribution < -0.4 is 10.0 Å². The fourth-order valence-corrected chi connectivity index (χ4v) is 4.35. The lowest BCUT2D eigenvalue weighted by Crippen LogP contribution is -2.18. The van der Waals surface area contributed by atoms with E-state index in [4.69, 9.17) is 23.2 Å². The Hall–Kier alpha value is -2.28. The highest BCUT2D eigenvalue weighted by atomic mass is 35.5. The van der Waals surface area contributed by atoms with E-state index in [2.05, 4.69) is 10.0 Å². The summed E-state index contributed by atoms with van der Waals surface area (Å²) in [6, 6.07) is 14.3.